The second-order valence-electron chi connectivity index (χ2n) is 5.45. The average molecular weight is 338 g/mol. The maximum absolute atomic E-state index is 12.3. The molecule has 1 saturated carbocycles. The first-order valence-corrected chi connectivity index (χ1v) is 7.86. The van der Waals surface area contributed by atoms with E-state index in [-0.39, 0.29) is 11.8 Å². The summed E-state index contributed by atoms with van der Waals surface area (Å²) in [6.07, 6.45) is 3.44. The number of carbonyl (C=O) groups is 2. The van der Waals surface area contributed by atoms with Crippen molar-refractivity contribution in [1.82, 2.24) is 4.90 Å². The lowest BCUT2D eigenvalue weighted by molar-refractivity contribution is -0.136. The fourth-order valence-corrected chi connectivity index (χ4v) is 2.82. The van der Waals surface area contributed by atoms with Crippen molar-refractivity contribution in [3.8, 4) is 0 Å². The van der Waals surface area contributed by atoms with Crippen LogP contribution in [0.3, 0.4) is 0 Å². The van der Waals surface area contributed by atoms with Crippen molar-refractivity contribution in [2.24, 2.45) is 5.92 Å². The number of nitrogens with zero attached hydrogens (tertiary/aromatic N) is 1. The molecule has 0 spiro atoms. The van der Waals surface area contributed by atoms with E-state index in [1.54, 1.807) is 0 Å². The fraction of sp³-hybridized carbons (Fsp3) is 0.500. The van der Waals surface area contributed by atoms with Crippen LogP contribution in [0, 0.1) is 5.92 Å². The Kier molecular flexibility index (Phi) is 5.35. The molecule has 1 aliphatic carbocycles. The predicted octanol–water partition coefficient (Wildman–Crippen LogP) is 3.21. The Bertz CT molecular complexity index is 474. The van der Waals surface area contributed by atoms with Gasteiger partial charge in [0, 0.05) is 36.8 Å². The van der Waals surface area contributed by atoms with Crippen molar-refractivity contribution >= 4 is 27.6 Å². The number of ketones is 1. The van der Waals surface area contributed by atoms with Gasteiger partial charge in [0.05, 0.1) is 0 Å². The minimum atomic E-state index is 0.0441. The lowest BCUT2D eigenvalue weighted by atomic mass is 9.87. The highest BCUT2D eigenvalue weighted by Gasteiger charge is 2.26. The van der Waals surface area contributed by atoms with E-state index in [4.69, 9.17) is 0 Å². The van der Waals surface area contributed by atoms with Crippen LogP contribution in [0.1, 0.15) is 31.2 Å². The Morgan fingerprint density at radius 2 is 1.85 bits per heavy atom. The molecule has 0 bridgehead atoms. The highest BCUT2D eigenvalue weighted by molar-refractivity contribution is 9.10. The van der Waals surface area contributed by atoms with Crippen molar-refractivity contribution in [3.63, 3.8) is 0 Å². The Balaban J connectivity index is 1.82. The van der Waals surface area contributed by atoms with Gasteiger partial charge in [-0.1, -0.05) is 28.1 Å². The van der Waals surface area contributed by atoms with Gasteiger partial charge in [-0.05, 0) is 37.0 Å². The van der Waals surface area contributed by atoms with Crippen LogP contribution in [0.2, 0.25) is 0 Å². The number of rotatable bonds is 4. The number of halogens is 1. The summed E-state index contributed by atoms with van der Waals surface area (Å²) in [5, 5.41) is 0. The highest BCUT2D eigenvalue weighted by atomic mass is 79.9. The molecule has 4 heteroatoms. The number of Topliss-reactive ketones (excluding diaryl/α,β-unsaturated/α-hetero) is 1. The van der Waals surface area contributed by atoms with E-state index >= 15 is 0 Å². The van der Waals surface area contributed by atoms with E-state index in [0.717, 1.165) is 30.3 Å². The van der Waals surface area contributed by atoms with Crippen LogP contribution in [0.15, 0.2) is 28.7 Å². The fourth-order valence-electron chi connectivity index (χ4n) is 2.56. The summed E-state index contributed by atoms with van der Waals surface area (Å²) in [4.78, 5) is 25.3. The smallest absolute Gasteiger partial charge is 0.225 e. The molecule has 1 amide bonds. The van der Waals surface area contributed by atoms with E-state index in [1.165, 1.54) is 5.56 Å². The van der Waals surface area contributed by atoms with Gasteiger partial charge in [-0.3, -0.25) is 9.59 Å². The standard InChI is InChI=1S/C16H20BrNO2/c1-18(11-10-12-2-6-14(17)7-3-12)16(20)13-4-8-15(19)9-5-13/h2-3,6-7,13H,4-5,8-11H2,1H3. The zero-order valence-corrected chi connectivity index (χ0v) is 13.4. The quantitative estimate of drug-likeness (QED) is 0.845. The lowest BCUT2D eigenvalue weighted by Crippen LogP contribution is -2.36. The van der Waals surface area contributed by atoms with Gasteiger partial charge in [-0.2, -0.15) is 0 Å². The zero-order valence-electron chi connectivity index (χ0n) is 11.8. The number of amides is 1. The van der Waals surface area contributed by atoms with E-state index in [2.05, 4.69) is 28.1 Å². The number of benzene rings is 1. The van der Waals surface area contributed by atoms with Gasteiger partial charge < -0.3 is 4.90 Å². The molecule has 3 nitrogen and oxygen atoms in total. The first-order chi connectivity index (χ1) is 9.56. The van der Waals surface area contributed by atoms with Crippen molar-refractivity contribution in [1.29, 1.82) is 0 Å². The van der Waals surface area contributed by atoms with Gasteiger partial charge in [0.15, 0.2) is 0 Å². The van der Waals surface area contributed by atoms with Crippen LogP contribution in [0.5, 0.6) is 0 Å². The normalized spacial score (nSPS) is 16.2. The van der Waals surface area contributed by atoms with E-state index in [9.17, 15) is 9.59 Å². The van der Waals surface area contributed by atoms with Gasteiger partial charge in [0.1, 0.15) is 5.78 Å². The van der Waals surface area contributed by atoms with Gasteiger partial charge in [0.25, 0.3) is 0 Å². The molecule has 0 saturated heterocycles. The molecule has 1 fully saturated rings. The van der Waals surface area contributed by atoms with Crippen LogP contribution in [-0.4, -0.2) is 30.2 Å². The molecule has 1 aromatic carbocycles. The van der Waals surface area contributed by atoms with Crippen molar-refractivity contribution < 1.29 is 9.59 Å². The summed E-state index contributed by atoms with van der Waals surface area (Å²) in [6, 6.07) is 8.18. The third kappa shape index (κ3) is 4.17. The molecule has 0 aromatic heterocycles. The van der Waals surface area contributed by atoms with Gasteiger partial charge in [-0.15, -0.1) is 0 Å². The first-order valence-electron chi connectivity index (χ1n) is 7.07. The average Bonchev–Trinajstić information content (AvgIpc) is 2.46. The summed E-state index contributed by atoms with van der Waals surface area (Å²) in [6.45, 7) is 0.727. The number of likely N-dealkylation sites (N-methyl/N-ethyl adjacent to an activating group) is 1. The van der Waals surface area contributed by atoms with Crippen LogP contribution in [0.25, 0.3) is 0 Å². The summed E-state index contributed by atoms with van der Waals surface area (Å²) in [7, 11) is 1.86. The zero-order chi connectivity index (χ0) is 14.5. The van der Waals surface area contributed by atoms with Gasteiger partial charge >= 0.3 is 0 Å². The van der Waals surface area contributed by atoms with Crippen molar-refractivity contribution in [2.75, 3.05) is 13.6 Å². The Morgan fingerprint density at radius 1 is 1.25 bits per heavy atom. The van der Waals surface area contributed by atoms with Gasteiger partial charge in [-0.25, -0.2) is 0 Å². The molecule has 1 aromatic rings. The summed E-state index contributed by atoms with van der Waals surface area (Å²) >= 11 is 3.41. The van der Waals surface area contributed by atoms with Crippen molar-refractivity contribution in [3.05, 3.63) is 34.3 Å². The second-order valence-corrected chi connectivity index (χ2v) is 6.36. The third-order valence-corrected chi connectivity index (χ3v) is 4.45. The van der Waals surface area contributed by atoms with E-state index < -0.39 is 0 Å². The first kappa shape index (κ1) is 15.2. The summed E-state index contributed by atoms with van der Waals surface area (Å²) in [5.41, 5.74) is 1.23. The maximum Gasteiger partial charge on any atom is 0.225 e. The second kappa shape index (κ2) is 7.02. The molecule has 0 heterocycles. The summed E-state index contributed by atoms with van der Waals surface area (Å²) < 4.78 is 1.07. The molecule has 20 heavy (non-hydrogen) atoms. The van der Waals surface area contributed by atoms with Crippen LogP contribution in [-0.2, 0) is 16.0 Å². The van der Waals surface area contributed by atoms with Crippen LogP contribution >= 0.6 is 15.9 Å². The molecule has 2 rings (SSSR count). The predicted molar refractivity (Wildman–Crippen MR) is 82.4 cm³/mol. The molecule has 1 aliphatic rings. The summed E-state index contributed by atoms with van der Waals surface area (Å²) in [5.74, 6) is 0.531. The monoisotopic (exact) mass is 337 g/mol. The Labute approximate surface area is 128 Å². The SMILES string of the molecule is CN(CCc1ccc(Br)cc1)C(=O)C1CCC(=O)CC1. The largest absolute Gasteiger partial charge is 0.345 e. The van der Waals surface area contributed by atoms with Crippen LogP contribution in [0.4, 0.5) is 0 Å². The number of hydrogen-bond acceptors (Lipinski definition) is 2. The molecule has 0 radical (unpaired) electrons. The van der Waals surface area contributed by atoms with E-state index in [1.807, 2.05) is 24.1 Å². The van der Waals surface area contributed by atoms with Gasteiger partial charge in [0.2, 0.25) is 5.91 Å². The molecule has 0 atom stereocenters. The van der Waals surface area contributed by atoms with E-state index in [0.29, 0.717) is 18.6 Å². The molecule has 0 N–H and O–H groups in total. The number of carbonyl (C=O) groups excluding carboxylic acids is 2. The minimum absolute atomic E-state index is 0.0441. The molecule has 108 valence electrons. The molecular formula is C16H20BrNO2. The van der Waals surface area contributed by atoms with Crippen molar-refractivity contribution in [2.45, 2.75) is 32.1 Å². The Hall–Kier alpha value is -1.16. The maximum atomic E-state index is 12.3. The Morgan fingerprint density at radius 3 is 2.45 bits per heavy atom. The lowest BCUT2D eigenvalue weighted by Gasteiger charge is -2.26. The molecule has 0 aliphatic heterocycles. The highest BCUT2D eigenvalue weighted by Crippen LogP contribution is 2.23. The topological polar surface area (TPSA) is 37.4 Å². The third-order valence-electron chi connectivity index (χ3n) is 3.92. The van der Waals surface area contributed by atoms with Crippen LogP contribution < -0.4 is 0 Å². The number of hydrogen-bond donors (Lipinski definition) is 0. The molecule has 0 unspecified atom stereocenters. The molecular weight excluding hydrogens is 318 g/mol. The minimum Gasteiger partial charge on any atom is -0.345 e.